The van der Waals surface area contributed by atoms with E-state index in [1.165, 1.54) is 0 Å². The van der Waals surface area contributed by atoms with Crippen LogP contribution in [0.15, 0.2) is 12.1 Å². The maximum absolute atomic E-state index is 10.8. The third-order valence-electron chi connectivity index (χ3n) is 5.89. The minimum atomic E-state index is -1.96. The number of carboxylic acids is 1. The molecule has 0 aliphatic carbocycles. The van der Waals surface area contributed by atoms with Gasteiger partial charge in [-0.25, -0.2) is 0 Å². The van der Waals surface area contributed by atoms with Crippen molar-refractivity contribution in [1.29, 1.82) is 0 Å². The lowest BCUT2D eigenvalue weighted by Gasteiger charge is -2.38. The number of rotatable bonds is 8. The van der Waals surface area contributed by atoms with Gasteiger partial charge in [0.05, 0.1) is 17.3 Å². The minimum absolute atomic E-state index is 0.0935. The summed E-state index contributed by atoms with van der Waals surface area (Å²) in [6.45, 7) is 19.1. The summed E-state index contributed by atoms with van der Waals surface area (Å²) in [5, 5.41) is 9.01. The molecular weight excluding hydrogens is 347 g/mol. The molecule has 0 aromatic carbocycles. The van der Waals surface area contributed by atoms with Crippen molar-refractivity contribution in [3.8, 4) is 0 Å². The molecule has 1 heterocycles. The van der Waals surface area contributed by atoms with E-state index in [4.69, 9.17) is 18.8 Å². The molecule has 26 heavy (non-hydrogen) atoms. The van der Waals surface area contributed by atoms with Crippen LogP contribution in [-0.4, -0.2) is 43.8 Å². The van der Waals surface area contributed by atoms with E-state index in [0.717, 1.165) is 0 Å². The van der Waals surface area contributed by atoms with Crippen molar-refractivity contribution in [3.05, 3.63) is 12.1 Å². The van der Waals surface area contributed by atoms with Gasteiger partial charge in [-0.1, -0.05) is 32.8 Å². The second-order valence-electron chi connectivity index (χ2n) is 9.71. The predicted octanol–water partition coefficient (Wildman–Crippen LogP) is 4.82. The minimum Gasteiger partial charge on any atom is -0.481 e. The van der Waals surface area contributed by atoms with Gasteiger partial charge < -0.3 is 18.8 Å². The van der Waals surface area contributed by atoms with E-state index in [9.17, 15) is 4.79 Å². The second kappa shape index (κ2) is 8.17. The fourth-order valence-corrected chi connectivity index (χ4v) is 3.69. The van der Waals surface area contributed by atoms with Crippen LogP contribution in [0.4, 0.5) is 0 Å². The molecule has 1 rings (SSSR count). The summed E-state index contributed by atoms with van der Waals surface area (Å²) in [5.74, 6) is 1.14. The Bertz CT molecular complexity index is 507. The molecule has 0 spiro atoms. The molecule has 7 heteroatoms. The first-order valence-electron chi connectivity index (χ1n) is 9.51. The quantitative estimate of drug-likeness (QED) is 0.608. The van der Waals surface area contributed by atoms with Crippen molar-refractivity contribution in [2.24, 2.45) is 0 Å². The van der Waals surface area contributed by atoms with E-state index >= 15 is 0 Å². The summed E-state index contributed by atoms with van der Waals surface area (Å²) in [6.07, 6.45) is 3.28. The van der Waals surface area contributed by atoms with E-state index in [1.54, 1.807) is 0 Å². The maximum atomic E-state index is 10.8. The van der Waals surface area contributed by atoms with Gasteiger partial charge in [-0.05, 0) is 58.7 Å². The zero-order valence-corrected chi connectivity index (χ0v) is 19.0. The van der Waals surface area contributed by atoms with Gasteiger partial charge in [0, 0.05) is 6.42 Å². The fraction of sp³-hybridized carbons (Fsp3) is 0.842. The van der Waals surface area contributed by atoms with Crippen molar-refractivity contribution in [2.75, 3.05) is 0 Å². The number of carboxylic acid groups (broad SMARTS) is 1. The van der Waals surface area contributed by atoms with Gasteiger partial charge in [0.1, 0.15) is 0 Å². The van der Waals surface area contributed by atoms with Crippen LogP contribution in [-0.2, 0) is 18.5 Å². The Kier molecular flexibility index (Phi) is 7.35. The summed E-state index contributed by atoms with van der Waals surface area (Å²) in [6, 6.07) is 0. The second-order valence-corrected chi connectivity index (χ2v) is 14.5. The first kappa shape index (κ1) is 23.4. The lowest BCUT2D eigenvalue weighted by atomic mass is 9.89. The molecule has 0 radical (unpaired) electrons. The Morgan fingerprint density at radius 2 is 1.69 bits per heavy atom. The van der Waals surface area contributed by atoms with Gasteiger partial charge in [-0.3, -0.25) is 4.79 Å². The van der Waals surface area contributed by atoms with Crippen molar-refractivity contribution in [3.63, 3.8) is 0 Å². The van der Waals surface area contributed by atoms with Crippen LogP contribution in [0, 0.1) is 0 Å². The lowest BCUT2D eigenvalue weighted by Crippen LogP contribution is -2.43. The van der Waals surface area contributed by atoms with Crippen LogP contribution in [0.25, 0.3) is 0 Å². The standard InChI is InChI=1S/C19H37BO5Si/c1-17(2,3)26(8,9)23-15(11-10-12-16(21)22)13-14-20-24-18(4,5)19(6,7)25-20/h13-15H,10-12H2,1-9H3,(H,21,22)/b14-13+/t15-/m0/s1. The average Bonchev–Trinajstić information content (AvgIpc) is 2.62. The molecule has 0 unspecified atom stereocenters. The van der Waals surface area contributed by atoms with E-state index in [2.05, 4.69) is 33.9 Å². The Morgan fingerprint density at radius 1 is 1.19 bits per heavy atom. The third-order valence-corrected chi connectivity index (χ3v) is 10.4. The van der Waals surface area contributed by atoms with Gasteiger partial charge in [0.2, 0.25) is 0 Å². The summed E-state index contributed by atoms with van der Waals surface area (Å²) in [7, 11) is -2.37. The van der Waals surface area contributed by atoms with Crippen molar-refractivity contribution < 1.29 is 23.6 Å². The van der Waals surface area contributed by atoms with Crippen LogP contribution in [0.3, 0.4) is 0 Å². The van der Waals surface area contributed by atoms with Gasteiger partial charge in [0.15, 0.2) is 8.32 Å². The molecule has 1 fully saturated rings. The largest absolute Gasteiger partial charge is 0.486 e. The van der Waals surface area contributed by atoms with Gasteiger partial charge in [-0.15, -0.1) is 0 Å². The highest BCUT2D eigenvalue weighted by Gasteiger charge is 2.50. The molecule has 5 nitrogen and oxygen atoms in total. The lowest BCUT2D eigenvalue weighted by molar-refractivity contribution is -0.137. The van der Waals surface area contributed by atoms with Crippen molar-refractivity contribution in [1.82, 2.24) is 0 Å². The Balaban J connectivity index is 2.83. The molecular formula is C19H37BO5Si. The summed E-state index contributed by atoms with van der Waals surface area (Å²) >= 11 is 0. The molecule has 0 amide bonds. The monoisotopic (exact) mass is 384 g/mol. The molecule has 0 aromatic heterocycles. The predicted molar refractivity (Wildman–Crippen MR) is 109 cm³/mol. The zero-order valence-electron chi connectivity index (χ0n) is 18.0. The number of hydrogen-bond donors (Lipinski definition) is 1. The normalized spacial score (nSPS) is 21.3. The molecule has 1 saturated heterocycles. The molecule has 0 aromatic rings. The van der Waals surface area contributed by atoms with Crippen LogP contribution < -0.4 is 0 Å². The SMILES string of the molecule is CC1(C)OB(/C=C/[C@H](CCCC(=O)O)O[Si](C)(C)C(C)(C)C)OC1(C)C. The zero-order chi connectivity index (χ0) is 20.4. The topological polar surface area (TPSA) is 65.0 Å². The number of hydrogen-bond acceptors (Lipinski definition) is 4. The summed E-state index contributed by atoms with van der Waals surface area (Å²) < 4.78 is 18.5. The van der Waals surface area contributed by atoms with Gasteiger partial charge >= 0.3 is 13.1 Å². The highest BCUT2D eigenvalue weighted by Crippen LogP contribution is 2.39. The van der Waals surface area contributed by atoms with Crippen LogP contribution >= 0.6 is 0 Å². The highest BCUT2D eigenvalue weighted by molar-refractivity contribution is 6.74. The first-order chi connectivity index (χ1) is 11.6. The van der Waals surface area contributed by atoms with Crippen molar-refractivity contribution in [2.45, 2.75) is 103 Å². The molecule has 1 atom stereocenters. The van der Waals surface area contributed by atoms with Gasteiger partial charge in [0.25, 0.3) is 0 Å². The van der Waals surface area contributed by atoms with Crippen LogP contribution in [0.1, 0.15) is 67.7 Å². The summed E-state index contributed by atoms with van der Waals surface area (Å²) in [5.41, 5.74) is -0.748. The average molecular weight is 384 g/mol. The molecule has 150 valence electrons. The Labute approximate surface area is 160 Å². The molecule has 0 bridgehead atoms. The van der Waals surface area contributed by atoms with E-state index < -0.39 is 21.4 Å². The fourth-order valence-electron chi connectivity index (χ4n) is 2.39. The van der Waals surface area contributed by atoms with E-state index in [1.807, 2.05) is 39.7 Å². The van der Waals surface area contributed by atoms with Gasteiger partial charge in [-0.2, -0.15) is 0 Å². The third kappa shape index (κ3) is 6.22. The van der Waals surface area contributed by atoms with E-state index in [-0.39, 0.29) is 28.8 Å². The highest BCUT2D eigenvalue weighted by atomic mass is 28.4. The Morgan fingerprint density at radius 3 is 2.12 bits per heavy atom. The molecule has 1 aliphatic heterocycles. The maximum Gasteiger partial charge on any atom is 0.486 e. The molecule has 1 N–H and O–H groups in total. The van der Waals surface area contributed by atoms with Crippen LogP contribution in [0.2, 0.25) is 18.1 Å². The molecule has 1 aliphatic rings. The smallest absolute Gasteiger partial charge is 0.481 e. The number of carbonyl (C=O) groups is 1. The number of aliphatic carboxylic acids is 1. The summed E-state index contributed by atoms with van der Waals surface area (Å²) in [4.78, 5) is 10.8. The van der Waals surface area contributed by atoms with E-state index in [0.29, 0.717) is 12.8 Å². The van der Waals surface area contributed by atoms with Crippen LogP contribution in [0.5, 0.6) is 0 Å². The van der Waals surface area contributed by atoms with Crippen molar-refractivity contribution >= 4 is 21.4 Å². The molecule has 0 saturated carbocycles. The first-order valence-corrected chi connectivity index (χ1v) is 12.4. The Hall–Kier alpha value is -0.628.